The number of aromatic nitrogens is 1. The van der Waals surface area contributed by atoms with Crippen molar-refractivity contribution < 1.29 is 0 Å². The van der Waals surface area contributed by atoms with Crippen molar-refractivity contribution in [3.05, 3.63) is 383 Å². The van der Waals surface area contributed by atoms with Crippen LogP contribution in [0.1, 0.15) is 207 Å². The Balaban J connectivity index is 0.884. The second-order valence-corrected chi connectivity index (χ2v) is 46.0. The Kier molecular flexibility index (Phi) is 18.5. The molecule has 0 unspecified atom stereocenters. The summed E-state index contributed by atoms with van der Waals surface area (Å²) < 4.78 is 5.09. The zero-order valence-electron chi connectivity index (χ0n) is 79.4. The van der Waals surface area contributed by atoms with Gasteiger partial charge in [0.1, 0.15) is 0 Å². The number of benzene rings is 16. The Morgan fingerprint density at radius 2 is 0.623 bits per heavy atom. The van der Waals surface area contributed by atoms with Crippen LogP contribution in [0.4, 0.5) is 34.1 Å². The normalized spacial score (nSPS) is 14.1. The van der Waals surface area contributed by atoms with Gasteiger partial charge in [0.05, 0.1) is 32.5 Å². The Hall–Kier alpha value is -12.8. The van der Waals surface area contributed by atoms with Gasteiger partial charge >= 0.3 is 0 Å². The Morgan fingerprint density at radius 1 is 0.231 bits per heavy atom. The molecule has 4 aliphatic rings. The van der Waals surface area contributed by atoms with Crippen LogP contribution in [0, 0.1) is 0 Å². The summed E-state index contributed by atoms with van der Waals surface area (Å²) in [6.07, 6.45) is 0. The highest BCUT2D eigenvalue weighted by atomic mass is 32.1. The zero-order valence-corrected chi connectivity index (χ0v) is 80.2. The molecule has 22 rings (SSSR count). The van der Waals surface area contributed by atoms with Crippen LogP contribution in [-0.4, -0.2) is 11.3 Å². The van der Waals surface area contributed by atoms with Crippen molar-refractivity contribution in [2.24, 2.45) is 0 Å². The number of anilines is 6. The molecule has 0 saturated heterocycles. The topological polar surface area (TPSA) is 11.4 Å². The van der Waals surface area contributed by atoms with Crippen LogP contribution in [0.25, 0.3) is 126 Å². The standard InChI is InChI=1S/C125H116BN3S/c1-118(2,3)82-52-58-107-99(70-82)100-71-83(119(4,5)6)53-59-108(100)127(107)89-54-57-106-111(74-89)128(109-49-35-45-96-95-44-34-43-90(116(95)130-117(96)109)78-50-55-94-93-42-30-33-48-103(93)125(104(94)64-78)101-46-31-28-40-91(101)92-41-29-32-47-102(92)125)112-66-81(80-62-86(122(13,14)15)69-87(63-80)123(16,17)18)67-113-114(112)126(106)105-56-51-77(79-60-84(120(7,8)9)68-85(61-79)121(10,11)12)65-110(105)129(113)115-97(75-36-24-22-25-37-75)72-88(124(19,20)21)73-98(115)76-38-26-23-27-39-76/h22-74H,1-21H3. The molecule has 3 nitrogen and oxygen atoms in total. The molecule has 0 atom stereocenters. The van der Waals surface area contributed by atoms with E-state index in [0.717, 1.165) is 56.5 Å². The molecule has 4 heterocycles. The lowest BCUT2D eigenvalue weighted by Gasteiger charge is -2.45. The van der Waals surface area contributed by atoms with Crippen molar-refractivity contribution in [3.63, 3.8) is 0 Å². The van der Waals surface area contributed by atoms with Crippen LogP contribution < -0.4 is 26.2 Å². The quantitative estimate of drug-likeness (QED) is 0.141. The van der Waals surface area contributed by atoms with E-state index >= 15 is 0 Å². The number of hydrogen-bond donors (Lipinski definition) is 0. The van der Waals surface area contributed by atoms with Crippen LogP contribution in [0.3, 0.4) is 0 Å². The van der Waals surface area contributed by atoms with Crippen LogP contribution >= 0.6 is 11.3 Å². The van der Waals surface area contributed by atoms with E-state index in [4.69, 9.17) is 0 Å². The molecule has 16 aromatic carbocycles. The van der Waals surface area contributed by atoms with Gasteiger partial charge in [0.2, 0.25) is 0 Å². The molecule has 18 aromatic rings. The van der Waals surface area contributed by atoms with E-state index in [1.807, 2.05) is 11.3 Å². The second-order valence-electron chi connectivity index (χ2n) is 44.9. The smallest absolute Gasteiger partial charge is 0.252 e. The molecule has 0 saturated carbocycles. The third-order valence-corrected chi connectivity index (χ3v) is 30.5. The van der Waals surface area contributed by atoms with E-state index in [-0.39, 0.29) is 44.6 Å². The molecule has 0 N–H and O–H groups in total. The van der Waals surface area contributed by atoms with Gasteiger partial charge in [-0.15, -0.1) is 11.3 Å². The first-order chi connectivity index (χ1) is 61.9. The molecular weight excluding hydrogens is 1590 g/mol. The zero-order chi connectivity index (χ0) is 90.3. The van der Waals surface area contributed by atoms with Crippen molar-refractivity contribution >= 4 is 111 Å². The third-order valence-electron chi connectivity index (χ3n) is 29.2. The first-order valence-electron chi connectivity index (χ1n) is 47.0. The summed E-state index contributed by atoms with van der Waals surface area (Å²) in [6.45, 7) is 49.5. The SMILES string of the molecule is CC(C)(C)c1cc(-c2ccc3c(c2)N(c2c(-c4ccccc4)cc(C(C)(C)C)cc2-c2ccccc2)c2cc(-c4cc(C(C)(C)C)cc(C(C)(C)C)c4)cc4c2B3c2ccc(-n3c5ccc(C(C)(C)C)cc5c5cc(C(C)(C)C)ccc53)cc2N4c2cccc3c2sc2c(-c4ccc5c(c4)C4(c6ccccc6-c6ccccc64)c4ccccc4-5)cccc23)cc(C(C)(C)C)c1. The van der Waals surface area contributed by atoms with Gasteiger partial charge in [0, 0.05) is 65.8 Å². The van der Waals surface area contributed by atoms with E-state index in [0.29, 0.717) is 0 Å². The monoisotopic (exact) mass is 1700 g/mol. The van der Waals surface area contributed by atoms with Gasteiger partial charge in [-0.3, -0.25) is 0 Å². The van der Waals surface area contributed by atoms with Crippen molar-refractivity contribution in [2.75, 3.05) is 9.80 Å². The number of fused-ring (bicyclic) bond motifs is 20. The molecule has 1 spiro atoms. The van der Waals surface area contributed by atoms with Gasteiger partial charge in [-0.05, 0) is 261 Å². The lowest BCUT2D eigenvalue weighted by atomic mass is 9.33. The molecule has 0 fully saturated rings. The average molecular weight is 1700 g/mol. The summed E-state index contributed by atoms with van der Waals surface area (Å²) in [7, 11) is 0. The van der Waals surface area contributed by atoms with E-state index in [9.17, 15) is 0 Å². The highest BCUT2D eigenvalue weighted by Crippen LogP contribution is 2.64. The van der Waals surface area contributed by atoms with Crippen molar-refractivity contribution in [2.45, 2.75) is 189 Å². The van der Waals surface area contributed by atoms with Crippen LogP contribution in [0.5, 0.6) is 0 Å². The van der Waals surface area contributed by atoms with Crippen molar-refractivity contribution in [1.82, 2.24) is 4.57 Å². The highest BCUT2D eigenvalue weighted by molar-refractivity contribution is 7.27. The van der Waals surface area contributed by atoms with Gasteiger partial charge in [-0.25, -0.2) is 0 Å². The average Bonchev–Trinajstić information content (AvgIpc) is 1.27. The van der Waals surface area contributed by atoms with Gasteiger partial charge in [0.15, 0.2) is 0 Å². The minimum absolute atomic E-state index is 0.0785. The maximum absolute atomic E-state index is 2.78. The van der Waals surface area contributed by atoms with Gasteiger partial charge in [0.25, 0.3) is 6.71 Å². The fourth-order valence-electron chi connectivity index (χ4n) is 22.0. The highest BCUT2D eigenvalue weighted by Gasteiger charge is 2.52. The Morgan fingerprint density at radius 3 is 1.12 bits per heavy atom. The number of rotatable bonds is 8. The maximum Gasteiger partial charge on any atom is 0.252 e. The predicted octanol–water partition coefficient (Wildman–Crippen LogP) is 33.0. The number of hydrogen-bond acceptors (Lipinski definition) is 3. The minimum atomic E-state index is -0.497. The van der Waals surface area contributed by atoms with Gasteiger partial charge in [-0.2, -0.15) is 0 Å². The first-order valence-corrected chi connectivity index (χ1v) is 47.9. The number of nitrogens with zero attached hydrogens (tertiary/aromatic N) is 3. The molecule has 640 valence electrons. The Bertz CT molecular complexity index is 7500. The lowest BCUT2D eigenvalue weighted by molar-refractivity contribution is 0.568. The summed E-state index contributed by atoms with van der Waals surface area (Å²) in [5.74, 6) is 0. The molecule has 2 aliphatic carbocycles. The van der Waals surface area contributed by atoms with Crippen LogP contribution in [0.15, 0.2) is 322 Å². The number of thiophene rings is 1. The molecule has 2 aromatic heterocycles. The van der Waals surface area contributed by atoms with E-state index in [2.05, 4.69) is 481 Å². The maximum atomic E-state index is 2.78. The van der Waals surface area contributed by atoms with Gasteiger partial charge < -0.3 is 14.4 Å². The second kappa shape index (κ2) is 29.1. The molecule has 130 heavy (non-hydrogen) atoms. The van der Waals surface area contributed by atoms with Crippen molar-refractivity contribution in [1.29, 1.82) is 0 Å². The van der Waals surface area contributed by atoms with Crippen LogP contribution in [-0.2, 0) is 43.3 Å². The fourth-order valence-corrected chi connectivity index (χ4v) is 23.3. The third kappa shape index (κ3) is 13.1. The summed E-state index contributed by atoms with van der Waals surface area (Å²) in [5, 5.41) is 5.01. The summed E-state index contributed by atoms with van der Waals surface area (Å²) >= 11 is 1.96. The summed E-state index contributed by atoms with van der Waals surface area (Å²) in [4.78, 5) is 5.55. The van der Waals surface area contributed by atoms with E-state index in [1.165, 1.54) is 181 Å². The molecule has 5 heteroatoms. The molecular formula is C125H116BN3S. The van der Waals surface area contributed by atoms with Gasteiger partial charge in [-0.1, -0.05) is 388 Å². The molecule has 0 bridgehead atoms. The first kappa shape index (κ1) is 82.9. The van der Waals surface area contributed by atoms with E-state index < -0.39 is 5.41 Å². The van der Waals surface area contributed by atoms with Crippen LogP contribution in [0.2, 0.25) is 0 Å². The minimum Gasteiger partial charge on any atom is -0.310 e. The molecule has 2 aliphatic heterocycles. The Labute approximate surface area is 774 Å². The van der Waals surface area contributed by atoms with Crippen molar-refractivity contribution in [3.8, 4) is 83.6 Å². The molecule has 0 radical (unpaired) electrons. The van der Waals surface area contributed by atoms with E-state index in [1.54, 1.807) is 0 Å². The largest absolute Gasteiger partial charge is 0.310 e. The lowest BCUT2D eigenvalue weighted by Crippen LogP contribution is -2.61. The predicted molar refractivity (Wildman–Crippen MR) is 562 cm³/mol. The molecule has 0 amide bonds. The summed E-state index contributed by atoms with van der Waals surface area (Å²) in [5.41, 5.74) is 44.3. The summed E-state index contributed by atoms with van der Waals surface area (Å²) in [6, 6.07) is 127. The fraction of sp³-hybridized carbons (Fsp3) is 0.232.